The predicted molar refractivity (Wildman–Crippen MR) is 119 cm³/mol. The number of rotatable bonds is 6. The Kier molecular flexibility index (Phi) is 6.69. The van der Waals surface area contributed by atoms with E-state index in [-0.39, 0.29) is 5.91 Å². The van der Waals surface area contributed by atoms with E-state index >= 15 is 0 Å². The van der Waals surface area contributed by atoms with Crippen molar-refractivity contribution in [2.24, 2.45) is 0 Å². The maximum absolute atomic E-state index is 12.3. The maximum Gasteiger partial charge on any atom is 0.225 e. The average molecular weight is 402 g/mol. The number of hydrogen-bond donors (Lipinski definition) is 1. The third-order valence-corrected chi connectivity index (χ3v) is 5.54. The van der Waals surface area contributed by atoms with Crippen LogP contribution in [0.2, 0.25) is 0 Å². The van der Waals surface area contributed by atoms with Crippen LogP contribution in [0, 0.1) is 32.1 Å². The zero-order valence-corrected chi connectivity index (χ0v) is 17.6. The number of amides is 1. The molecule has 0 bridgehead atoms. The van der Waals surface area contributed by atoms with E-state index in [1.165, 1.54) is 22.9 Å². The minimum Gasteiger partial charge on any atom is -0.326 e. The fourth-order valence-corrected chi connectivity index (χ4v) is 3.84. The van der Waals surface area contributed by atoms with Crippen molar-refractivity contribution in [1.29, 1.82) is 5.26 Å². The average Bonchev–Trinajstić information content (AvgIpc) is 2.70. The topological polar surface area (TPSA) is 65.8 Å². The van der Waals surface area contributed by atoms with E-state index in [1.54, 1.807) is 6.07 Å². The van der Waals surface area contributed by atoms with Crippen molar-refractivity contribution in [3.05, 3.63) is 76.9 Å². The molecule has 0 aliphatic rings. The van der Waals surface area contributed by atoms with Crippen molar-refractivity contribution in [3.8, 4) is 17.3 Å². The van der Waals surface area contributed by atoms with Crippen LogP contribution in [0.1, 0.15) is 28.7 Å². The van der Waals surface area contributed by atoms with Crippen LogP contribution in [0.5, 0.6) is 0 Å². The zero-order chi connectivity index (χ0) is 20.8. The summed E-state index contributed by atoms with van der Waals surface area (Å²) in [6, 6.07) is 19.9. The summed E-state index contributed by atoms with van der Waals surface area (Å²) in [6.45, 7) is 6.05. The standard InChI is InChI=1S/C24H23N3OS/c1-16-4-7-19(8-5-16)22-11-9-20(15-25)24(27-22)29-13-12-23(28)26-21-10-6-17(2)14-18(21)3/h4-11,14H,12-13H2,1-3H3,(H,26,28). The molecule has 0 unspecified atom stereocenters. The Bertz CT molecular complexity index is 1070. The summed E-state index contributed by atoms with van der Waals surface area (Å²) < 4.78 is 0. The molecule has 0 atom stereocenters. The molecule has 1 N–H and O–H groups in total. The highest BCUT2D eigenvalue weighted by Crippen LogP contribution is 2.26. The molecule has 0 fully saturated rings. The van der Waals surface area contributed by atoms with Crippen LogP contribution in [0.4, 0.5) is 5.69 Å². The van der Waals surface area contributed by atoms with Crippen molar-refractivity contribution in [2.75, 3.05) is 11.1 Å². The first kappa shape index (κ1) is 20.6. The van der Waals surface area contributed by atoms with Gasteiger partial charge in [-0.3, -0.25) is 4.79 Å². The number of benzene rings is 2. The smallest absolute Gasteiger partial charge is 0.225 e. The van der Waals surface area contributed by atoms with Gasteiger partial charge in [-0.1, -0.05) is 47.5 Å². The molecule has 0 spiro atoms. The molecule has 0 aliphatic carbocycles. The fraction of sp³-hybridized carbons (Fsp3) is 0.208. The third kappa shape index (κ3) is 5.46. The normalized spacial score (nSPS) is 10.4. The number of nitriles is 1. The van der Waals surface area contributed by atoms with Gasteiger partial charge in [0.1, 0.15) is 11.1 Å². The van der Waals surface area contributed by atoms with Gasteiger partial charge < -0.3 is 5.32 Å². The Morgan fingerprint density at radius 3 is 2.45 bits per heavy atom. The molecule has 1 heterocycles. The summed E-state index contributed by atoms with van der Waals surface area (Å²) >= 11 is 1.43. The molecule has 1 aromatic heterocycles. The third-order valence-electron chi connectivity index (χ3n) is 4.55. The number of anilines is 1. The number of thioether (sulfide) groups is 1. The van der Waals surface area contributed by atoms with Gasteiger partial charge in [0.2, 0.25) is 5.91 Å². The second-order valence-electron chi connectivity index (χ2n) is 6.99. The van der Waals surface area contributed by atoms with Crippen molar-refractivity contribution in [3.63, 3.8) is 0 Å². The molecule has 0 saturated carbocycles. The van der Waals surface area contributed by atoms with Crippen LogP contribution in [0.3, 0.4) is 0 Å². The first-order chi connectivity index (χ1) is 14.0. The number of hydrogen-bond acceptors (Lipinski definition) is 4. The molecule has 3 rings (SSSR count). The number of carbonyl (C=O) groups excluding carboxylic acids is 1. The Hall–Kier alpha value is -3.10. The van der Waals surface area contributed by atoms with E-state index in [0.29, 0.717) is 22.8 Å². The molecule has 0 radical (unpaired) electrons. The molecular weight excluding hydrogens is 378 g/mol. The molecule has 5 heteroatoms. The van der Waals surface area contributed by atoms with E-state index in [1.807, 2.05) is 69.3 Å². The molecule has 29 heavy (non-hydrogen) atoms. The highest BCUT2D eigenvalue weighted by atomic mass is 32.2. The van der Waals surface area contributed by atoms with Gasteiger partial charge in [0, 0.05) is 23.4 Å². The zero-order valence-electron chi connectivity index (χ0n) is 16.8. The lowest BCUT2D eigenvalue weighted by Gasteiger charge is -2.10. The van der Waals surface area contributed by atoms with Gasteiger partial charge >= 0.3 is 0 Å². The Morgan fingerprint density at radius 2 is 1.76 bits per heavy atom. The van der Waals surface area contributed by atoms with Gasteiger partial charge in [0.05, 0.1) is 11.3 Å². The van der Waals surface area contributed by atoms with E-state index in [2.05, 4.69) is 16.4 Å². The van der Waals surface area contributed by atoms with Crippen LogP contribution in [-0.2, 0) is 4.79 Å². The predicted octanol–water partition coefficient (Wildman–Crippen LogP) is 5.67. The highest BCUT2D eigenvalue weighted by Gasteiger charge is 2.10. The second-order valence-corrected chi connectivity index (χ2v) is 8.08. The Morgan fingerprint density at radius 1 is 1.03 bits per heavy atom. The van der Waals surface area contributed by atoms with Crippen molar-refractivity contribution in [2.45, 2.75) is 32.2 Å². The molecule has 3 aromatic rings. The van der Waals surface area contributed by atoms with Crippen LogP contribution in [-0.4, -0.2) is 16.6 Å². The number of carbonyl (C=O) groups is 1. The Balaban J connectivity index is 1.65. The number of pyridine rings is 1. The highest BCUT2D eigenvalue weighted by molar-refractivity contribution is 7.99. The second kappa shape index (κ2) is 9.40. The van der Waals surface area contributed by atoms with Gasteiger partial charge in [-0.15, -0.1) is 11.8 Å². The quantitative estimate of drug-likeness (QED) is 0.541. The van der Waals surface area contributed by atoms with Crippen molar-refractivity contribution >= 4 is 23.4 Å². The maximum atomic E-state index is 12.3. The van der Waals surface area contributed by atoms with Crippen LogP contribution >= 0.6 is 11.8 Å². The summed E-state index contributed by atoms with van der Waals surface area (Å²) in [4.78, 5) is 17.0. The Labute approximate surface area is 176 Å². The lowest BCUT2D eigenvalue weighted by Crippen LogP contribution is -2.13. The van der Waals surface area contributed by atoms with Gasteiger partial charge in [-0.2, -0.15) is 5.26 Å². The van der Waals surface area contributed by atoms with Crippen molar-refractivity contribution < 1.29 is 4.79 Å². The summed E-state index contributed by atoms with van der Waals surface area (Å²) in [5, 5.41) is 13.0. The van der Waals surface area contributed by atoms with E-state index < -0.39 is 0 Å². The lowest BCUT2D eigenvalue weighted by atomic mass is 10.1. The molecule has 0 aliphatic heterocycles. The molecule has 4 nitrogen and oxygen atoms in total. The van der Waals surface area contributed by atoms with Crippen LogP contribution in [0.15, 0.2) is 59.6 Å². The van der Waals surface area contributed by atoms with E-state index in [4.69, 9.17) is 0 Å². The number of aryl methyl sites for hydroxylation is 3. The van der Waals surface area contributed by atoms with Crippen LogP contribution < -0.4 is 5.32 Å². The fourth-order valence-electron chi connectivity index (χ4n) is 2.93. The lowest BCUT2D eigenvalue weighted by molar-refractivity contribution is -0.115. The van der Waals surface area contributed by atoms with E-state index in [9.17, 15) is 10.1 Å². The minimum atomic E-state index is -0.0438. The number of nitrogens with one attached hydrogen (secondary N) is 1. The largest absolute Gasteiger partial charge is 0.326 e. The summed E-state index contributed by atoms with van der Waals surface area (Å²) in [7, 11) is 0. The number of nitrogens with zero attached hydrogens (tertiary/aromatic N) is 2. The van der Waals surface area contributed by atoms with Gasteiger partial charge in [-0.25, -0.2) is 4.98 Å². The summed E-state index contributed by atoms with van der Waals surface area (Å²) in [5.74, 6) is 0.508. The molecule has 0 saturated heterocycles. The monoisotopic (exact) mass is 401 g/mol. The molecule has 146 valence electrons. The van der Waals surface area contributed by atoms with Gasteiger partial charge in [-0.05, 0) is 44.5 Å². The number of aromatic nitrogens is 1. The first-order valence-corrected chi connectivity index (χ1v) is 10.4. The summed E-state index contributed by atoms with van der Waals surface area (Å²) in [5.41, 5.74) is 6.60. The first-order valence-electron chi connectivity index (χ1n) is 9.44. The molecular formula is C24H23N3OS. The van der Waals surface area contributed by atoms with Crippen LogP contribution in [0.25, 0.3) is 11.3 Å². The molecule has 2 aromatic carbocycles. The SMILES string of the molecule is Cc1ccc(-c2ccc(C#N)c(SCCC(=O)Nc3ccc(C)cc3C)n2)cc1. The summed E-state index contributed by atoms with van der Waals surface area (Å²) in [6.07, 6.45) is 0.347. The molecule has 1 amide bonds. The van der Waals surface area contributed by atoms with Crippen molar-refractivity contribution in [1.82, 2.24) is 4.98 Å². The minimum absolute atomic E-state index is 0.0438. The van der Waals surface area contributed by atoms with Gasteiger partial charge in [0.25, 0.3) is 0 Å². The van der Waals surface area contributed by atoms with E-state index in [0.717, 1.165) is 22.5 Å². The van der Waals surface area contributed by atoms with Gasteiger partial charge in [0.15, 0.2) is 0 Å².